The van der Waals surface area contributed by atoms with Crippen LogP contribution in [0.2, 0.25) is 0 Å². The van der Waals surface area contributed by atoms with Crippen LogP contribution in [0, 0.1) is 10.1 Å². The number of aromatic nitrogens is 1. The van der Waals surface area contributed by atoms with Crippen molar-refractivity contribution < 1.29 is 14.6 Å². The second-order valence-electron chi connectivity index (χ2n) is 4.88. The number of nitrogens with one attached hydrogen (secondary N) is 2. The molecule has 22 heavy (non-hydrogen) atoms. The van der Waals surface area contributed by atoms with Crippen molar-refractivity contribution >= 4 is 33.2 Å². The first kappa shape index (κ1) is 14.1. The number of H-pyrrole nitrogens is 1. The molecule has 0 saturated carbocycles. The van der Waals surface area contributed by atoms with E-state index in [2.05, 4.69) is 10.3 Å². The number of pyridine rings is 1. The summed E-state index contributed by atoms with van der Waals surface area (Å²) in [7, 11) is 1.81. The molecule has 0 radical (unpaired) electrons. The van der Waals surface area contributed by atoms with E-state index in [0.29, 0.717) is 6.61 Å². The normalized spacial score (nSPS) is 10.8. The van der Waals surface area contributed by atoms with Crippen molar-refractivity contribution in [2.24, 2.45) is 0 Å². The lowest BCUT2D eigenvalue weighted by Crippen LogP contribution is -2.08. The number of non-ortho nitro benzene ring substituents is 1. The van der Waals surface area contributed by atoms with Gasteiger partial charge < -0.3 is 10.1 Å². The highest BCUT2D eigenvalue weighted by Crippen LogP contribution is 2.32. The van der Waals surface area contributed by atoms with Gasteiger partial charge in [0, 0.05) is 31.3 Å². The van der Waals surface area contributed by atoms with Gasteiger partial charge in [-0.15, -0.1) is 0 Å². The van der Waals surface area contributed by atoms with Gasteiger partial charge in [-0.3, -0.25) is 10.1 Å². The molecule has 2 N–H and O–H groups in total. The van der Waals surface area contributed by atoms with Crippen molar-refractivity contribution in [2.75, 3.05) is 19.0 Å². The summed E-state index contributed by atoms with van der Waals surface area (Å²) >= 11 is 0. The zero-order valence-electron chi connectivity index (χ0n) is 12.3. The third kappa shape index (κ3) is 2.28. The zero-order chi connectivity index (χ0) is 15.7. The molecule has 2 aromatic carbocycles. The number of fused-ring (bicyclic) bond motifs is 2. The molecule has 3 rings (SSSR count). The minimum Gasteiger partial charge on any atom is -0.494 e. The summed E-state index contributed by atoms with van der Waals surface area (Å²) in [5, 5.41) is 15.9. The van der Waals surface area contributed by atoms with Crippen molar-refractivity contribution in [2.45, 2.75) is 6.92 Å². The van der Waals surface area contributed by atoms with Gasteiger partial charge >= 0.3 is 0 Å². The minimum absolute atomic E-state index is 0.0673. The lowest BCUT2D eigenvalue weighted by Gasteiger charge is -2.08. The number of nitro groups is 1. The Bertz CT molecular complexity index is 877. The summed E-state index contributed by atoms with van der Waals surface area (Å²) in [5.41, 5.74) is 2.69. The Hall–Kier alpha value is -2.89. The van der Waals surface area contributed by atoms with Gasteiger partial charge in [-0.2, -0.15) is 0 Å². The molecule has 1 heterocycles. The smallest absolute Gasteiger partial charge is 0.270 e. The molecule has 0 aliphatic carbocycles. The van der Waals surface area contributed by atoms with E-state index in [1.54, 1.807) is 19.2 Å². The van der Waals surface area contributed by atoms with E-state index in [4.69, 9.17) is 4.74 Å². The zero-order valence-corrected chi connectivity index (χ0v) is 12.3. The number of aromatic amines is 1. The first-order valence-electron chi connectivity index (χ1n) is 7.01. The van der Waals surface area contributed by atoms with Gasteiger partial charge in [-0.25, -0.2) is 4.98 Å². The first-order chi connectivity index (χ1) is 10.6. The van der Waals surface area contributed by atoms with Crippen molar-refractivity contribution in [3.8, 4) is 5.75 Å². The van der Waals surface area contributed by atoms with E-state index in [-0.39, 0.29) is 10.6 Å². The molecule has 6 heteroatoms. The summed E-state index contributed by atoms with van der Waals surface area (Å²) in [5.74, 6) is 0.768. The predicted molar refractivity (Wildman–Crippen MR) is 85.4 cm³/mol. The van der Waals surface area contributed by atoms with E-state index in [1.165, 1.54) is 6.07 Å². The first-order valence-corrected chi connectivity index (χ1v) is 7.01. The van der Waals surface area contributed by atoms with Gasteiger partial charge in [0.1, 0.15) is 5.75 Å². The topological polar surface area (TPSA) is 78.5 Å². The highest BCUT2D eigenvalue weighted by atomic mass is 16.6. The van der Waals surface area contributed by atoms with Crippen LogP contribution in [-0.2, 0) is 0 Å². The van der Waals surface area contributed by atoms with Gasteiger partial charge in [0.05, 0.1) is 28.0 Å². The summed E-state index contributed by atoms with van der Waals surface area (Å²) in [6.07, 6.45) is 0. The largest absolute Gasteiger partial charge is 0.494 e. The number of benzene rings is 2. The number of hydrogen-bond donors (Lipinski definition) is 1. The number of nitro benzene ring substituents is 1. The highest BCUT2D eigenvalue weighted by Gasteiger charge is 2.17. The van der Waals surface area contributed by atoms with Gasteiger partial charge in [-0.05, 0) is 19.1 Å². The Morgan fingerprint density at radius 1 is 1.18 bits per heavy atom. The fraction of sp³-hybridized carbons (Fsp3) is 0.188. The molecular formula is C16H16N3O3+. The molecule has 0 aliphatic rings. The van der Waals surface area contributed by atoms with Crippen molar-refractivity contribution in [3.05, 3.63) is 46.5 Å². The van der Waals surface area contributed by atoms with Gasteiger partial charge in [0.25, 0.3) is 5.69 Å². The van der Waals surface area contributed by atoms with E-state index in [1.807, 2.05) is 25.1 Å². The van der Waals surface area contributed by atoms with Gasteiger partial charge in [0.15, 0.2) is 0 Å². The van der Waals surface area contributed by atoms with Gasteiger partial charge in [0.2, 0.25) is 11.0 Å². The van der Waals surface area contributed by atoms with Crippen LogP contribution in [-0.4, -0.2) is 18.6 Å². The Labute approximate surface area is 126 Å². The summed E-state index contributed by atoms with van der Waals surface area (Å²) in [4.78, 5) is 13.9. The number of hydrogen-bond acceptors (Lipinski definition) is 4. The molecule has 112 valence electrons. The SMILES string of the molecule is CCOc1ccc2[nH+]c3ccc([N+](=O)[O-])cc3c(NC)c2c1. The third-order valence-corrected chi connectivity index (χ3v) is 3.57. The average molecular weight is 298 g/mol. The van der Waals surface area contributed by atoms with E-state index in [9.17, 15) is 10.1 Å². The minimum atomic E-state index is -0.389. The van der Waals surface area contributed by atoms with Crippen molar-refractivity contribution in [1.82, 2.24) is 0 Å². The maximum atomic E-state index is 11.0. The molecule has 0 aliphatic heterocycles. The van der Waals surface area contributed by atoms with Crippen LogP contribution in [0.3, 0.4) is 0 Å². The molecule has 3 aromatic rings. The molecule has 0 amide bonds. The third-order valence-electron chi connectivity index (χ3n) is 3.57. The molecule has 6 nitrogen and oxygen atoms in total. The maximum absolute atomic E-state index is 11.0. The lowest BCUT2D eigenvalue weighted by atomic mass is 10.1. The second kappa shape index (κ2) is 5.48. The predicted octanol–water partition coefficient (Wildman–Crippen LogP) is 3.16. The van der Waals surface area contributed by atoms with Gasteiger partial charge in [-0.1, -0.05) is 0 Å². The molecule has 0 saturated heterocycles. The highest BCUT2D eigenvalue weighted by molar-refractivity contribution is 6.05. The Balaban J connectivity index is 2.34. The fourth-order valence-electron chi connectivity index (χ4n) is 2.62. The quantitative estimate of drug-likeness (QED) is 0.456. The van der Waals surface area contributed by atoms with Crippen LogP contribution in [0.25, 0.3) is 21.8 Å². The van der Waals surface area contributed by atoms with Crippen LogP contribution < -0.4 is 15.0 Å². The molecular weight excluding hydrogens is 282 g/mol. The van der Waals surface area contributed by atoms with E-state index in [0.717, 1.165) is 33.2 Å². The Morgan fingerprint density at radius 3 is 2.50 bits per heavy atom. The van der Waals surface area contributed by atoms with Crippen LogP contribution in [0.1, 0.15) is 6.92 Å². The number of ether oxygens (including phenoxy) is 1. The van der Waals surface area contributed by atoms with E-state index < -0.39 is 0 Å². The number of anilines is 1. The summed E-state index contributed by atoms with van der Waals surface area (Å²) in [6, 6.07) is 10.6. The molecule has 0 atom stereocenters. The van der Waals surface area contributed by atoms with Crippen molar-refractivity contribution in [1.29, 1.82) is 0 Å². The standard InChI is InChI=1S/C16H15N3O3/c1-3-22-11-5-7-15-13(9-11)16(17-2)12-8-10(19(20)21)4-6-14(12)18-15/h4-9H,3H2,1-2H3,(H,17,18)/p+1. The Morgan fingerprint density at radius 2 is 1.86 bits per heavy atom. The Kier molecular flexibility index (Phi) is 3.50. The molecule has 0 spiro atoms. The molecule has 0 bridgehead atoms. The van der Waals surface area contributed by atoms with E-state index >= 15 is 0 Å². The maximum Gasteiger partial charge on any atom is 0.270 e. The number of nitrogens with zero attached hydrogens (tertiary/aromatic N) is 1. The summed E-state index contributed by atoms with van der Waals surface area (Å²) in [6.45, 7) is 2.52. The second-order valence-corrected chi connectivity index (χ2v) is 4.88. The summed E-state index contributed by atoms with van der Waals surface area (Å²) < 4.78 is 5.54. The monoisotopic (exact) mass is 298 g/mol. The lowest BCUT2D eigenvalue weighted by molar-refractivity contribution is -0.384. The number of rotatable bonds is 4. The van der Waals surface area contributed by atoms with Crippen LogP contribution in [0.15, 0.2) is 36.4 Å². The van der Waals surface area contributed by atoms with Crippen LogP contribution >= 0.6 is 0 Å². The van der Waals surface area contributed by atoms with Crippen molar-refractivity contribution in [3.63, 3.8) is 0 Å². The molecule has 1 aromatic heterocycles. The molecule has 0 unspecified atom stereocenters. The van der Waals surface area contributed by atoms with Crippen LogP contribution in [0.4, 0.5) is 11.4 Å². The molecule has 0 fully saturated rings. The fourth-order valence-corrected chi connectivity index (χ4v) is 2.62. The van der Waals surface area contributed by atoms with Crippen LogP contribution in [0.5, 0.6) is 5.75 Å². The average Bonchev–Trinajstić information content (AvgIpc) is 2.52.